The third-order valence-corrected chi connectivity index (χ3v) is 3.24. The molecule has 1 heterocycles. The summed E-state index contributed by atoms with van der Waals surface area (Å²) in [5.41, 5.74) is 1.31. The summed E-state index contributed by atoms with van der Waals surface area (Å²) in [6.45, 7) is 2.19. The van der Waals surface area contributed by atoms with Gasteiger partial charge in [-0.1, -0.05) is 56.5 Å². The average molecular weight is 256 g/mol. The highest BCUT2D eigenvalue weighted by atomic mass is 16.4. The van der Waals surface area contributed by atoms with Crippen LogP contribution in [0.3, 0.4) is 0 Å². The Kier molecular flexibility index (Phi) is 4.96. The zero-order chi connectivity index (χ0) is 13.5. The lowest BCUT2D eigenvalue weighted by molar-refractivity contribution is 0.451. The molecule has 19 heavy (non-hydrogen) atoms. The van der Waals surface area contributed by atoms with Crippen molar-refractivity contribution in [2.75, 3.05) is 0 Å². The van der Waals surface area contributed by atoms with E-state index in [0.29, 0.717) is 5.56 Å². The van der Waals surface area contributed by atoms with Crippen molar-refractivity contribution in [2.45, 2.75) is 39.0 Å². The molecule has 0 saturated heterocycles. The molecule has 0 bridgehead atoms. The van der Waals surface area contributed by atoms with E-state index in [0.717, 1.165) is 24.2 Å². The fraction of sp³-hybridized carbons (Fsp3) is 0.353. The number of rotatable bonds is 6. The molecule has 0 unspecified atom stereocenters. The highest BCUT2D eigenvalue weighted by Gasteiger charge is 2.05. The smallest absolute Gasteiger partial charge is 0.343 e. The molecule has 1 aromatic heterocycles. The molecular weight excluding hydrogens is 236 g/mol. The van der Waals surface area contributed by atoms with Crippen molar-refractivity contribution in [3.05, 3.63) is 58.6 Å². The molecule has 2 rings (SSSR count). The van der Waals surface area contributed by atoms with Crippen LogP contribution < -0.4 is 5.63 Å². The summed E-state index contributed by atoms with van der Waals surface area (Å²) in [6.07, 6.45) is 5.59. The predicted molar refractivity (Wildman–Crippen MR) is 78.3 cm³/mol. The van der Waals surface area contributed by atoms with E-state index >= 15 is 0 Å². The monoisotopic (exact) mass is 256 g/mol. The number of aryl methyl sites for hydroxylation is 1. The van der Waals surface area contributed by atoms with Gasteiger partial charge in [0.2, 0.25) is 0 Å². The first-order chi connectivity index (χ1) is 9.31. The quantitative estimate of drug-likeness (QED) is 0.716. The van der Waals surface area contributed by atoms with Gasteiger partial charge in [0.05, 0.1) is 5.56 Å². The lowest BCUT2D eigenvalue weighted by Gasteiger charge is -2.03. The third kappa shape index (κ3) is 3.82. The summed E-state index contributed by atoms with van der Waals surface area (Å²) in [6, 6.07) is 13.4. The minimum Gasteiger partial charge on any atom is -0.427 e. The van der Waals surface area contributed by atoms with Gasteiger partial charge in [0.1, 0.15) is 5.76 Å². The van der Waals surface area contributed by atoms with Crippen molar-refractivity contribution in [3.63, 3.8) is 0 Å². The second kappa shape index (κ2) is 6.93. The van der Waals surface area contributed by atoms with Gasteiger partial charge in [-0.15, -0.1) is 0 Å². The van der Waals surface area contributed by atoms with Gasteiger partial charge in [-0.25, -0.2) is 4.79 Å². The van der Waals surface area contributed by atoms with Crippen LogP contribution in [-0.4, -0.2) is 0 Å². The Morgan fingerprint density at radius 2 is 1.74 bits per heavy atom. The summed E-state index contributed by atoms with van der Waals surface area (Å²) in [4.78, 5) is 12.0. The number of hydrogen-bond acceptors (Lipinski definition) is 2. The number of hydrogen-bond donors (Lipinski definition) is 0. The van der Waals surface area contributed by atoms with Crippen LogP contribution in [-0.2, 0) is 6.42 Å². The Balaban J connectivity index is 2.08. The second-order valence-corrected chi connectivity index (χ2v) is 4.78. The van der Waals surface area contributed by atoms with E-state index < -0.39 is 0 Å². The lowest BCUT2D eigenvalue weighted by atomic mass is 10.1. The van der Waals surface area contributed by atoms with Crippen molar-refractivity contribution in [2.24, 2.45) is 0 Å². The average Bonchev–Trinajstić information content (AvgIpc) is 2.45. The SMILES string of the molecule is CCCCCCc1ccc(-c2ccccc2)c(=O)o1. The van der Waals surface area contributed by atoms with Crippen LogP contribution in [0.25, 0.3) is 11.1 Å². The largest absolute Gasteiger partial charge is 0.427 e. The Hall–Kier alpha value is -1.83. The summed E-state index contributed by atoms with van der Waals surface area (Å²) < 4.78 is 5.39. The molecule has 0 fully saturated rings. The molecule has 0 aliphatic rings. The first kappa shape index (κ1) is 13.6. The molecule has 100 valence electrons. The molecule has 0 spiro atoms. The molecule has 0 aliphatic carbocycles. The highest BCUT2D eigenvalue weighted by Crippen LogP contribution is 2.16. The molecule has 2 heteroatoms. The molecule has 0 atom stereocenters. The van der Waals surface area contributed by atoms with Crippen molar-refractivity contribution in [1.82, 2.24) is 0 Å². The standard InChI is InChI=1S/C17H20O2/c1-2-3-4-8-11-15-12-13-16(17(18)19-15)14-9-6-5-7-10-14/h5-7,9-10,12-13H,2-4,8,11H2,1H3. The van der Waals surface area contributed by atoms with Crippen LogP contribution in [0.15, 0.2) is 51.7 Å². The van der Waals surface area contributed by atoms with Gasteiger partial charge in [0, 0.05) is 6.42 Å². The predicted octanol–water partition coefficient (Wildman–Crippen LogP) is 4.43. The molecular formula is C17H20O2. The number of benzene rings is 1. The first-order valence-corrected chi connectivity index (χ1v) is 6.99. The maximum absolute atomic E-state index is 12.0. The normalized spacial score (nSPS) is 10.6. The van der Waals surface area contributed by atoms with Crippen LogP contribution in [0.4, 0.5) is 0 Å². The Morgan fingerprint density at radius 1 is 0.947 bits per heavy atom. The van der Waals surface area contributed by atoms with Crippen molar-refractivity contribution in [3.8, 4) is 11.1 Å². The summed E-state index contributed by atoms with van der Waals surface area (Å²) in [5.74, 6) is 0.792. The summed E-state index contributed by atoms with van der Waals surface area (Å²) >= 11 is 0. The molecule has 2 nitrogen and oxygen atoms in total. The van der Waals surface area contributed by atoms with Gasteiger partial charge in [-0.2, -0.15) is 0 Å². The molecule has 0 aliphatic heterocycles. The summed E-state index contributed by atoms with van der Waals surface area (Å²) in [5, 5.41) is 0. The van der Waals surface area contributed by atoms with E-state index in [9.17, 15) is 4.79 Å². The van der Waals surface area contributed by atoms with E-state index in [2.05, 4.69) is 6.92 Å². The van der Waals surface area contributed by atoms with E-state index in [1.54, 1.807) is 0 Å². The Morgan fingerprint density at radius 3 is 2.42 bits per heavy atom. The maximum Gasteiger partial charge on any atom is 0.343 e. The van der Waals surface area contributed by atoms with Crippen molar-refractivity contribution >= 4 is 0 Å². The molecule has 2 aromatic rings. The lowest BCUT2D eigenvalue weighted by Crippen LogP contribution is -2.04. The molecule has 1 aromatic carbocycles. The van der Waals surface area contributed by atoms with Crippen LogP contribution in [0.2, 0.25) is 0 Å². The third-order valence-electron chi connectivity index (χ3n) is 3.24. The van der Waals surface area contributed by atoms with Gasteiger partial charge in [0.15, 0.2) is 0 Å². The van der Waals surface area contributed by atoms with E-state index in [-0.39, 0.29) is 5.63 Å². The fourth-order valence-corrected chi connectivity index (χ4v) is 2.14. The van der Waals surface area contributed by atoms with E-state index in [4.69, 9.17) is 4.42 Å². The zero-order valence-corrected chi connectivity index (χ0v) is 11.4. The van der Waals surface area contributed by atoms with Crippen LogP contribution >= 0.6 is 0 Å². The minimum absolute atomic E-state index is 0.237. The maximum atomic E-state index is 12.0. The molecule has 0 amide bonds. The molecule has 0 saturated carbocycles. The zero-order valence-electron chi connectivity index (χ0n) is 11.4. The highest BCUT2D eigenvalue weighted by molar-refractivity contribution is 5.61. The van der Waals surface area contributed by atoms with Gasteiger partial charge in [0.25, 0.3) is 0 Å². The second-order valence-electron chi connectivity index (χ2n) is 4.78. The van der Waals surface area contributed by atoms with Gasteiger partial charge in [-0.3, -0.25) is 0 Å². The van der Waals surface area contributed by atoms with Crippen LogP contribution in [0.5, 0.6) is 0 Å². The fourth-order valence-electron chi connectivity index (χ4n) is 2.14. The van der Waals surface area contributed by atoms with Gasteiger partial charge < -0.3 is 4.42 Å². The van der Waals surface area contributed by atoms with E-state index in [1.807, 2.05) is 42.5 Å². The Bertz CT molecular complexity index is 555. The Labute approximate surface area is 114 Å². The topological polar surface area (TPSA) is 30.2 Å². The first-order valence-electron chi connectivity index (χ1n) is 6.99. The van der Waals surface area contributed by atoms with Crippen LogP contribution in [0.1, 0.15) is 38.4 Å². The van der Waals surface area contributed by atoms with Crippen LogP contribution in [0, 0.1) is 0 Å². The molecule has 0 N–H and O–H groups in total. The van der Waals surface area contributed by atoms with Crippen molar-refractivity contribution < 1.29 is 4.42 Å². The van der Waals surface area contributed by atoms with E-state index in [1.165, 1.54) is 19.3 Å². The van der Waals surface area contributed by atoms with Crippen molar-refractivity contribution in [1.29, 1.82) is 0 Å². The summed E-state index contributed by atoms with van der Waals surface area (Å²) in [7, 11) is 0. The number of unbranched alkanes of at least 4 members (excludes halogenated alkanes) is 3. The van der Waals surface area contributed by atoms with Gasteiger partial charge in [-0.05, 0) is 24.1 Å². The molecule has 0 radical (unpaired) electrons. The minimum atomic E-state index is -0.237. The van der Waals surface area contributed by atoms with Gasteiger partial charge >= 0.3 is 5.63 Å².